The maximum atomic E-state index is 12.2. The van der Waals surface area contributed by atoms with E-state index in [0.29, 0.717) is 11.4 Å². The van der Waals surface area contributed by atoms with Gasteiger partial charge in [0.25, 0.3) is 0 Å². The number of imidazole rings is 1. The van der Waals surface area contributed by atoms with Crippen molar-refractivity contribution in [2.45, 2.75) is 6.61 Å². The van der Waals surface area contributed by atoms with E-state index in [1.165, 1.54) is 12.1 Å². The lowest BCUT2D eigenvalue weighted by Crippen LogP contribution is -2.01. The lowest BCUT2D eigenvalue weighted by Gasteiger charge is -2.05. The average Bonchev–Trinajstić information content (AvgIpc) is 2.81. The number of hydrogen-bond acceptors (Lipinski definition) is 2. The highest BCUT2D eigenvalue weighted by atomic mass is 79.9. The number of nitrogens with one attached hydrogen (secondary N) is 1. The highest BCUT2D eigenvalue weighted by molar-refractivity contribution is 9.10. The van der Waals surface area contributed by atoms with Gasteiger partial charge in [0.1, 0.15) is 11.6 Å². The van der Waals surface area contributed by atoms with Crippen molar-refractivity contribution in [1.82, 2.24) is 9.97 Å². The van der Waals surface area contributed by atoms with Gasteiger partial charge in [0.2, 0.25) is 0 Å². The van der Waals surface area contributed by atoms with Crippen LogP contribution < -0.4 is 4.74 Å². The predicted octanol–water partition coefficient (Wildman–Crippen LogP) is 4.59. The van der Waals surface area contributed by atoms with Gasteiger partial charge < -0.3 is 9.72 Å². The number of halogens is 3. The van der Waals surface area contributed by atoms with Gasteiger partial charge in [-0.15, -0.1) is 0 Å². The first kappa shape index (κ1) is 13.1. The van der Waals surface area contributed by atoms with Gasteiger partial charge in [0.05, 0.1) is 11.0 Å². The Kier molecular flexibility index (Phi) is 3.40. The minimum atomic E-state index is -2.84. The van der Waals surface area contributed by atoms with Gasteiger partial charge in [-0.1, -0.05) is 28.1 Å². The Morgan fingerprint density at radius 3 is 2.80 bits per heavy atom. The monoisotopic (exact) mass is 338 g/mol. The zero-order valence-corrected chi connectivity index (χ0v) is 11.7. The fourth-order valence-corrected chi connectivity index (χ4v) is 2.30. The van der Waals surface area contributed by atoms with Crippen molar-refractivity contribution in [2.24, 2.45) is 0 Å². The normalized spacial score (nSPS) is 11.2. The third-order valence-corrected chi connectivity index (χ3v) is 3.27. The number of alkyl halides is 2. The molecule has 0 radical (unpaired) electrons. The summed E-state index contributed by atoms with van der Waals surface area (Å²) >= 11 is 3.39. The molecule has 1 heterocycles. The largest absolute Gasteiger partial charge is 0.435 e. The van der Waals surface area contributed by atoms with Crippen LogP contribution in [0.5, 0.6) is 5.75 Å². The first-order valence-electron chi connectivity index (χ1n) is 5.82. The van der Waals surface area contributed by atoms with Crippen molar-refractivity contribution in [3.63, 3.8) is 0 Å². The topological polar surface area (TPSA) is 37.9 Å². The second kappa shape index (κ2) is 5.20. The smallest absolute Gasteiger partial charge is 0.387 e. The molecule has 1 aromatic heterocycles. The zero-order chi connectivity index (χ0) is 14.1. The number of hydrogen-bond donors (Lipinski definition) is 1. The van der Waals surface area contributed by atoms with Gasteiger partial charge in [-0.05, 0) is 30.3 Å². The number of aromatic amines is 1. The molecule has 20 heavy (non-hydrogen) atoms. The summed E-state index contributed by atoms with van der Waals surface area (Å²) in [7, 11) is 0. The average molecular weight is 339 g/mol. The first-order valence-corrected chi connectivity index (χ1v) is 6.61. The van der Waals surface area contributed by atoms with Crippen molar-refractivity contribution < 1.29 is 13.5 Å². The number of fused-ring (bicyclic) bond motifs is 1. The molecule has 6 heteroatoms. The summed E-state index contributed by atoms with van der Waals surface area (Å²) in [5.41, 5.74) is 2.37. The second-order valence-corrected chi connectivity index (χ2v) is 5.07. The van der Waals surface area contributed by atoms with E-state index in [4.69, 9.17) is 0 Å². The summed E-state index contributed by atoms with van der Waals surface area (Å²) in [4.78, 5) is 7.57. The third kappa shape index (κ3) is 2.65. The van der Waals surface area contributed by atoms with Crippen LogP contribution in [0.4, 0.5) is 8.78 Å². The van der Waals surface area contributed by atoms with Gasteiger partial charge >= 0.3 is 6.61 Å². The minimum Gasteiger partial charge on any atom is -0.435 e. The van der Waals surface area contributed by atoms with Gasteiger partial charge in [-0.3, -0.25) is 0 Å². The SMILES string of the molecule is FC(F)Oc1cccc(-c2nc3ccc(Br)cc3[nH]2)c1. The maximum absolute atomic E-state index is 12.2. The van der Waals surface area contributed by atoms with E-state index in [9.17, 15) is 8.78 Å². The molecule has 2 aromatic carbocycles. The number of ether oxygens (including phenoxy) is 1. The zero-order valence-electron chi connectivity index (χ0n) is 10.1. The number of aromatic nitrogens is 2. The summed E-state index contributed by atoms with van der Waals surface area (Å²) in [6, 6.07) is 12.1. The highest BCUT2D eigenvalue weighted by Crippen LogP contribution is 2.26. The third-order valence-electron chi connectivity index (χ3n) is 2.78. The highest BCUT2D eigenvalue weighted by Gasteiger charge is 2.09. The summed E-state index contributed by atoms with van der Waals surface area (Å²) < 4.78 is 29.8. The van der Waals surface area contributed by atoms with Crippen LogP contribution in [0.3, 0.4) is 0 Å². The van der Waals surface area contributed by atoms with E-state index in [1.54, 1.807) is 12.1 Å². The standard InChI is InChI=1S/C14H9BrF2N2O/c15-9-4-5-11-12(7-9)19-13(18-11)8-2-1-3-10(6-8)20-14(16)17/h1-7,14H,(H,18,19). The molecule has 0 fully saturated rings. The van der Waals surface area contributed by atoms with Crippen molar-refractivity contribution in [3.05, 3.63) is 46.9 Å². The molecule has 0 spiro atoms. The van der Waals surface area contributed by atoms with Crippen LogP contribution in [-0.2, 0) is 0 Å². The molecular formula is C14H9BrF2N2O. The summed E-state index contributed by atoms with van der Waals surface area (Å²) in [6.07, 6.45) is 0. The molecule has 0 bridgehead atoms. The number of benzene rings is 2. The number of rotatable bonds is 3. The van der Waals surface area contributed by atoms with Gasteiger partial charge in [-0.25, -0.2) is 4.98 Å². The lowest BCUT2D eigenvalue weighted by molar-refractivity contribution is -0.0498. The van der Waals surface area contributed by atoms with Gasteiger partial charge in [-0.2, -0.15) is 8.78 Å². The van der Waals surface area contributed by atoms with E-state index < -0.39 is 6.61 Å². The summed E-state index contributed by atoms with van der Waals surface area (Å²) in [5.74, 6) is 0.719. The Hall–Kier alpha value is -1.95. The summed E-state index contributed by atoms with van der Waals surface area (Å²) in [5, 5.41) is 0. The Labute approximate surface area is 121 Å². The van der Waals surface area contributed by atoms with E-state index in [0.717, 1.165) is 15.5 Å². The van der Waals surface area contributed by atoms with Crippen LogP contribution in [0.15, 0.2) is 46.9 Å². The minimum absolute atomic E-state index is 0.110. The number of H-pyrrole nitrogens is 1. The molecule has 0 atom stereocenters. The Balaban J connectivity index is 2.01. The fraction of sp³-hybridized carbons (Fsp3) is 0.0714. The molecule has 0 unspecified atom stereocenters. The van der Waals surface area contributed by atoms with Crippen molar-refractivity contribution >= 4 is 27.0 Å². The molecule has 0 saturated heterocycles. The van der Waals surface area contributed by atoms with Crippen LogP contribution >= 0.6 is 15.9 Å². The molecule has 0 saturated carbocycles. The molecule has 0 amide bonds. The maximum Gasteiger partial charge on any atom is 0.387 e. The lowest BCUT2D eigenvalue weighted by atomic mass is 10.2. The van der Waals surface area contributed by atoms with Crippen LogP contribution in [0.2, 0.25) is 0 Å². The van der Waals surface area contributed by atoms with Gasteiger partial charge in [0.15, 0.2) is 0 Å². The van der Waals surface area contributed by atoms with Crippen LogP contribution in [0.25, 0.3) is 22.4 Å². The molecule has 0 aliphatic carbocycles. The Bertz CT molecular complexity index is 758. The second-order valence-electron chi connectivity index (χ2n) is 4.15. The van der Waals surface area contributed by atoms with E-state index >= 15 is 0 Å². The molecular weight excluding hydrogens is 330 g/mol. The number of nitrogens with zero attached hydrogens (tertiary/aromatic N) is 1. The van der Waals surface area contributed by atoms with Crippen molar-refractivity contribution in [2.75, 3.05) is 0 Å². The molecule has 0 aliphatic heterocycles. The Morgan fingerprint density at radius 2 is 2.00 bits per heavy atom. The molecule has 3 rings (SSSR count). The van der Waals surface area contributed by atoms with Crippen LogP contribution in [0, 0.1) is 0 Å². The van der Waals surface area contributed by atoms with Crippen LogP contribution in [0.1, 0.15) is 0 Å². The summed E-state index contributed by atoms with van der Waals surface area (Å²) in [6.45, 7) is -2.84. The molecule has 1 N–H and O–H groups in total. The van der Waals surface area contributed by atoms with Crippen molar-refractivity contribution in [1.29, 1.82) is 0 Å². The fourth-order valence-electron chi connectivity index (χ4n) is 1.94. The molecule has 102 valence electrons. The van der Waals surface area contributed by atoms with E-state index in [2.05, 4.69) is 30.6 Å². The molecule has 3 nitrogen and oxygen atoms in total. The van der Waals surface area contributed by atoms with Gasteiger partial charge in [0, 0.05) is 10.0 Å². The Morgan fingerprint density at radius 1 is 1.15 bits per heavy atom. The first-order chi connectivity index (χ1) is 9.61. The van der Waals surface area contributed by atoms with E-state index in [-0.39, 0.29) is 5.75 Å². The van der Waals surface area contributed by atoms with E-state index in [1.807, 2.05) is 18.2 Å². The quantitative estimate of drug-likeness (QED) is 0.758. The van der Waals surface area contributed by atoms with Crippen LogP contribution in [-0.4, -0.2) is 16.6 Å². The van der Waals surface area contributed by atoms with Crippen molar-refractivity contribution in [3.8, 4) is 17.1 Å². The molecule has 0 aliphatic rings. The molecule has 3 aromatic rings. The predicted molar refractivity (Wildman–Crippen MR) is 75.9 cm³/mol.